The number of non-ortho nitro benzene ring substituents is 1. The molecule has 9 nitrogen and oxygen atoms in total. The Balaban J connectivity index is 1.58. The van der Waals surface area contributed by atoms with Gasteiger partial charge in [-0.2, -0.15) is 0 Å². The van der Waals surface area contributed by atoms with Gasteiger partial charge in [0.1, 0.15) is 11.8 Å². The van der Waals surface area contributed by atoms with E-state index in [2.05, 4.69) is 12.2 Å². The van der Waals surface area contributed by atoms with Gasteiger partial charge in [0, 0.05) is 30.8 Å². The van der Waals surface area contributed by atoms with Crippen molar-refractivity contribution in [1.29, 1.82) is 0 Å². The first-order chi connectivity index (χ1) is 14.9. The molecule has 2 heterocycles. The molecular formula is C22H29N3O6. The van der Waals surface area contributed by atoms with E-state index in [4.69, 9.17) is 9.47 Å². The Hall–Kier alpha value is -2.52. The van der Waals surface area contributed by atoms with E-state index < -0.39 is 22.6 Å². The third kappa shape index (κ3) is 4.43. The SMILES string of the molecule is CC1CCC2(CC1)OC[C@H](C(=O)NC[C@H]1CCCO1)N2C(=O)c1cccc([N+](=O)[O-])c1. The summed E-state index contributed by atoms with van der Waals surface area (Å²) in [6.45, 7) is 3.39. The molecule has 2 atom stereocenters. The lowest BCUT2D eigenvalue weighted by Crippen LogP contribution is -2.57. The molecule has 0 bridgehead atoms. The van der Waals surface area contributed by atoms with E-state index in [0.717, 1.165) is 25.7 Å². The molecule has 0 aromatic heterocycles. The van der Waals surface area contributed by atoms with Crippen LogP contribution in [0.5, 0.6) is 0 Å². The maximum atomic E-state index is 13.6. The number of rotatable bonds is 5. The first-order valence-corrected chi connectivity index (χ1v) is 11.0. The van der Waals surface area contributed by atoms with Crippen LogP contribution in [0.4, 0.5) is 5.69 Å². The minimum atomic E-state index is -0.847. The second kappa shape index (κ2) is 8.92. The molecule has 0 unspecified atom stereocenters. The normalized spacial score (nSPS) is 30.5. The second-order valence-electron chi connectivity index (χ2n) is 8.82. The van der Waals surface area contributed by atoms with Gasteiger partial charge in [-0.05, 0) is 50.5 Å². The predicted molar refractivity (Wildman–Crippen MR) is 111 cm³/mol. The van der Waals surface area contributed by atoms with Gasteiger partial charge in [0.2, 0.25) is 5.91 Å². The molecule has 1 spiro atoms. The number of amides is 2. The number of nitro benzene ring substituents is 1. The third-order valence-corrected chi connectivity index (χ3v) is 6.67. The van der Waals surface area contributed by atoms with E-state index in [-0.39, 0.29) is 29.9 Å². The molecule has 3 fully saturated rings. The van der Waals surface area contributed by atoms with E-state index in [1.807, 2.05) is 0 Å². The van der Waals surface area contributed by atoms with Crippen LogP contribution in [0.3, 0.4) is 0 Å². The Kier molecular flexibility index (Phi) is 6.24. The molecular weight excluding hydrogens is 402 g/mol. The van der Waals surface area contributed by atoms with Crippen LogP contribution in [-0.4, -0.2) is 59.3 Å². The highest BCUT2D eigenvalue weighted by molar-refractivity contribution is 5.99. The van der Waals surface area contributed by atoms with Gasteiger partial charge in [-0.15, -0.1) is 0 Å². The highest BCUT2D eigenvalue weighted by Gasteiger charge is 2.53. The van der Waals surface area contributed by atoms with Crippen molar-refractivity contribution >= 4 is 17.5 Å². The summed E-state index contributed by atoms with van der Waals surface area (Å²) in [5.41, 5.74) is -0.814. The summed E-state index contributed by atoms with van der Waals surface area (Å²) in [5.74, 6) is -0.158. The lowest BCUT2D eigenvalue weighted by molar-refractivity contribution is -0.384. The standard InChI is InChI=1S/C22H29N3O6/c1-15-7-9-22(10-8-15)24(21(27)16-4-2-5-17(12-16)25(28)29)19(14-31-22)20(26)23-13-18-6-3-11-30-18/h2,4-5,12,15,18-19H,3,6-11,13-14H2,1H3,(H,23,26)/t15?,18-,19-,22?/m1/s1. The quantitative estimate of drug-likeness (QED) is 0.567. The number of carbonyl (C=O) groups is 2. The van der Waals surface area contributed by atoms with Crippen molar-refractivity contribution in [1.82, 2.24) is 10.2 Å². The molecule has 2 saturated heterocycles. The van der Waals surface area contributed by atoms with Gasteiger partial charge in [0.15, 0.2) is 0 Å². The lowest BCUT2D eigenvalue weighted by atomic mass is 9.83. The van der Waals surface area contributed by atoms with Gasteiger partial charge in [0.05, 0.1) is 17.6 Å². The summed E-state index contributed by atoms with van der Waals surface area (Å²) in [6.07, 6.45) is 4.95. The molecule has 31 heavy (non-hydrogen) atoms. The van der Waals surface area contributed by atoms with Crippen LogP contribution in [0.1, 0.15) is 55.8 Å². The van der Waals surface area contributed by atoms with E-state index in [0.29, 0.717) is 31.9 Å². The Labute approximate surface area is 181 Å². The molecule has 3 aliphatic rings. The zero-order valence-electron chi connectivity index (χ0n) is 17.7. The van der Waals surface area contributed by atoms with Crippen LogP contribution in [0.25, 0.3) is 0 Å². The molecule has 1 aliphatic carbocycles. The van der Waals surface area contributed by atoms with E-state index in [1.54, 1.807) is 11.0 Å². The molecule has 9 heteroatoms. The third-order valence-electron chi connectivity index (χ3n) is 6.67. The van der Waals surface area contributed by atoms with Crippen LogP contribution < -0.4 is 5.32 Å². The lowest BCUT2D eigenvalue weighted by Gasteiger charge is -2.43. The summed E-state index contributed by atoms with van der Waals surface area (Å²) in [5, 5.41) is 14.1. The van der Waals surface area contributed by atoms with Crippen LogP contribution in [0.2, 0.25) is 0 Å². The van der Waals surface area contributed by atoms with Crippen LogP contribution >= 0.6 is 0 Å². The van der Waals surface area contributed by atoms with Crippen molar-refractivity contribution in [2.45, 2.75) is 63.3 Å². The fourth-order valence-corrected chi connectivity index (χ4v) is 4.81. The zero-order chi connectivity index (χ0) is 22.0. The van der Waals surface area contributed by atoms with E-state index in [9.17, 15) is 19.7 Å². The zero-order valence-corrected chi connectivity index (χ0v) is 17.7. The van der Waals surface area contributed by atoms with E-state index in [1.165, 1.54) is 18.2 Å². The summed E-state index contributed by atoms with van der Waals surface area (Å²) < 4.78 is 11.7. The molecule has 4 rings (SSSR count). The molecule has 1 aromatic rings. The Morgan fingerprint density at radius 3 is 2.74 bits per heavy atom. The Bertz CT molecular complexity index is 845. The highest BCUT2D eigenvalue weighted by atomic mass is 16.6. The summed E-state index contributed by atoms with van der Waals surface area (Å²) in [6, 6.07) is 4.88. The number of benzene rings is 1. The summed E-state index contributed by atoms with van der Waals surface area (Å²) in [7, 11) is 0. The first kappa shape index (κ1) is 21.7. The molecule has 1 saturated carbocycles. The van der Waals surface area contributed by atoms with Crippen molar-refractivity contribution < 1.29 is 24.0 Å². The smallest absolute Gasteiger partial charge is 0.270 e. The minimum absolute atomic E-state index is 0.00307. The minimum Gasteiger partial charge on any atom is -0.376 e. The predicted octanol–water partition coefficient (Wildman–Crippen LogP) is 2.64. The number of nitro groups is 1. The fourth-order valence-electron chi connectivity index (χ4n) is 4.81. The molecule has 168 valence electrons. The average molecular weight is 431 g/mol. The van der Waals surface area contributed by atoms with Crippen molar-refractivity contribution in [3.8, 4) is 0 Å². The maximum absolute atomic E-state index is 13.6. The van der Waals surface area contributed by atoms with Gasteiger partial charge in [0.25, 0.3) is 11.6 Å². The molecule has 2 amide bonds. The average Bonchev–Trinajstić information content (AvgIpc) is 3.42. The van der Waals surface area contributed by atoms with Crippen molar-refractivity contribution in [2.24, 2.45) is 5.92 Å². The van der Waals surface area contributed by atoms with Gasteiger partial charge in [-0.25, -0.2) is 0 Å². The van der Waals surface area contributed by atoms with Crippen LogP contribution in [0.15, 0.2) is 24.3 Å². The Morgan fingerprint density at radius 1 is 1.29 bits per heavy atom. The van der Waals surface area contributed by atoms with Gasteiger partial charge < -0.3 is 14.8 Å². The van der Waals surface area contributed by atoms with Crippen molar-refractivity contribution in [3.05, 3.63) is 39.9 Å². The first-order valence-electron chi connectivity index (χ1n) is 11.0. The number of hydrogen-bond donors (Lipinski definition) is 1. The largest absolute Gasteiger partial charge is 0.376 e. The topological polar surface area (TPSA) is 111 Å². The molecule has 1 N–H and O–H groups in total. The second-order valence-corrected chi connectivity index (χ2v) is 8.82. The van der Waals surface area contributed by atoms with Crippen LogP contribution in [0, 0.1) is 16.0 Å². The Morgan fingerprint density at radius 2 is 2.06 bits per heavy atom. The monoisotopic (exact) mass is 431 g/mol. The van der Waals surface area contributed by atoms with Gasteiger partial charge in [-0.1, -0.05) is 13.0 Å². The highest BCUT2D eigenvalue weighted by Crippen LogP contribution is 2.43. The molecule has 2 aliphatic heterocycles. The van der Waals surface area contributed by atoms with Gasteiger partial charge >= 0.3 is 0 Å². The fraction of sp³-hybridized carbons (Fsp3) is 0.636. The number of nitrogens with one attached hydrogen (secondary N) is 1. The number of carbonyl (C=O) groups excluding carboxylic acids is 2. The van der Waals surface area contributed by atoms with Crippen LogP contribution in [-0.2, 0) is 14.3 Å². The molecule has 0 radical (unpaired) electrons. The number of ether oxygens (including phenoxy) is 2. The molecule has 1 aromatic carbocycles. The summed E-state index contributed by atoms with van der Waals surface area (Å²) >= 11 is 0. The number of nitrogens with zero attached hydrogens (tertiary/aromatic N) is 2. The van der Waals surface area contributed by atoms with Gasteiger partial charge in [-0.3, -0.25) is 24.6 Å². The number of hydrogen-bond acceptors (Lipinski definition) is 6. The maximum Gasteiger partial charge on any atom is 0.270 e. The van der Waals surface area contributed by atoms with Crippen molar-refractivity contribution in [2.75, 3.05) is 19.8 Å². The summed E-state index contributed by atoms with van der Waals surface area (Å²) in [4.78, 5) is 38.8. The van der Waals surface area contributed by atoms with E-state index >= 15 is 0 Å². The van der Waals surface area contributed by atoms with Crippen molar-refractivity contribution in [3.63, 3.8) is 0 Å².